The molecule has 7 nitrogen and oxygen atoms in total. The molecular weight excluding hydrogens is 276 g/mol. The molecule has 0 unspecified atom stereocenters. The molecule has 0 saturated heterocycles. The summed E-state index contributed by atoms with van der Waals surface area (Å²) in [5.74, 6) is -1.82. The number of hydrogen-bond donors (Lipinski definition) is 2. The Morgan fingerprint density at radius 2 is 1.71 bits per heavy atom. The van der Waals surface area contributed by atoms with Crippen LogP contribution in [0.4, 0.5) is 11.4 Å². The number of hydrogen-bond acceptors (Lipinski definition) is 6. The van der Waals surface area contributed by atoms with Crippen LogP contribution in [0.5, 0.6) is 5.75 Å². The number of benzene rings is 2. The van der Waals surface area contributed by atoms with E-state index in [1.54, 1.807) is 0 Å². The van der Waals surface area contributed by atoms with Crippen LogP contribution in [0, 0.1) is 10.1 Å². The van der Waals surface area contributed by atoms with Gasteiger partial charge in [-0.05, 0) is 18.2 Å². The molecule has 21 heavy (non-hydrogen) atoms. The fourth-order valence-electron chi connectivity index (χ4n) is 2.46. The Labute approximate surface area is 117 Å². The fraction of sp³-hybridized carbons (Fsp3) is 0. The zero-order valence-electron chi connectivity index (χ0n) is 10.5. The standard InChI is InChI=1S/C14H8N2O5/c15-7-4-5-9(17)12-11(7)13(18)6-2-1-3-8(16(20)21)10(6)14(12)19/h1-5,17H,15H2. The molecule has 2 aromatic carbocycles. The number of rotatable bonds is 1. The number of nitrogen functional groups attached to an aromatic ring is 1. The SMILES string of the molecule is Nc1ccc(O)c2c1C(=O)c1cccc([N+](=O)[O-])c1C2=O. The van der Waals surface area contributed by atoms with Gasteiger partial charge in [-0.15, -0.1) is 0 Å². The minimum atomic E-state index is -0.781. The van der Waals surface area contributed by atoms with E-state index in [1.807, 2.05) is 0 Å². The molecule has 0 aromatic heterocycles. The topological polar surface area (TPSA) is 124 Å². The van der Waals surface area contributed by atoms with Gasteiger partial charge in [0.15, 0.2) is 5.78 Å². The van der Waals surface area contributed by atoms with E-state index in [1.165, 1.54) is 24.3 Å². The van der Waals surface area contributed by atoms with Gasteiger partial charge in [0.1, 0.15) is 11.3 Å². The van der Waals surface area contributed by atoms with Crippen molar-refractivity contribution in [3.05, 3.63) is 62.7 Å². The number of phenols is 1. The van der Waals surface area contributed by atoms with Gasteiger partial charge in [-0.25, -0.2) is 0 Å². The van der Waals surface area contributed by atoms with Crippen LogP contribution < -0.4 is 5.73 Å². The summed E-state index contributed by atoms with van der Waals surface area (Å²) >= 11 is 0. The number of nitro groups is 1. The van der Waals surface area contributed by atoms with Gasteiger partial charge in [-0.1, -0.05) is 6.07 Å². The Morgan fingerprint density at radius 1 is 1.00 bits per heavy atom. The normalized spacial score (nSPS) is 12.8. The molecule has 0 bridgehead atoms. The number of anilines is 1. The van der Waals surface area contributed by atoms with Crippen molar-refractivity contribution in [2.45, 2.75) is 0 Å². The first-order chi connectivity index (χ1) is 9.93. The highest BCUT2D eigenvalue weighted by Crippen LogP contribution is 2.38. The average Bonchev–Trinajstić information content (AvgIpc) is 2.46. The first-order valence-electron chi connectivity index (χ1n) is 5.91. The van der Waals surface area contributed by atoms with E-state index in [2.05, 4.69) is 0 Å². The smallest absolute Gasteiger partial charge is 0.281 e. The molecule has 3 N–H and O–H groups in total. The van der Waals surface area contributed by atoms with E-state index in [9.17, 15) is 24.8 Å². The van der Waals surface area contributed by atoms with Gasteiger partial charge in [0.2, 0.25) is 5.78 Å². The quantitative estimate of drug-likeness (QED) is 0.303. The van der Waals surface area contributed by atoms with Crippen molar-refractivity contribution in [2.75, 3.05) is 5.73 Å². The Kier molecular flexibility index (Phi) is 2.52. The van der Waals surface area contributed by atoms with Crippen molar-refractivity contribution < 1.29 is 19.6 Å². The first-order valence-corrected chi connectivity index (χ1v) is 5.91. The summed E-state index contributed by atoms with van der Waals surface area (Å²) in [7, 11) is 0. The van der Waals surface area contributed by atoms with Gasteiger partial charge >= 0.3 is 0 Å². The lowest BCUT2D eigenvalue weighted by Gasteiger charge is -2.19. The summed E-state index contributed by atoms with van der Waals surface area (Å²) in [4.78, 5) is 35.2. The third-order valence-electron chi connectivity index (χ3n) is 3.38. The average molecular weight is 284 g/mol. The highest BCUT2D eigenvalue weighted by atomic mass is 16.6. The van der Waals surface area contributed by atoms with Crippen LogP contribution >= 0.6 is 0 Å². The summed E-state index contributed by atoms with van der Waals surface area (Å²) < 4.78 is 0. The maximum atomic E-state index is 12.5. The second-order valence-corrected chi connectivity index (χ2v) is 4.54. The van der Waals surface area contributed by atoms with Crippen LogP contribution in [-0.4, -0.2) is 21.6 Å². The molecule has 0 heterocycles. The maximum Gasteiger partial charge on any atom is 0.281 e. The van der Waals surface area contributed by atoms with Crippen molar-refractivity contribution in [3.63, 3.8) is 0 Å². The van der Waals surface area contributed by atoms with Gasteiger partial charge < -0.3 is 10.8 Å². The molecule has 7 heteroatoms. The zero-order valence-corrected chi connectivity index (χ0v) is 10.5. The monoisotopic (exact) mass is 284 g/mol. The van der Waals surface area contributed by atoms with E-state index in [0.717, 1.165) is 6.07 Å². The molecular formula is C14H8N2O5. The van der Waals surface area contributed by atoms with Crippen molar-refractivity contribution in [1.82, 2.24) is 0 Å². The molecule has 1 aliphatic rings. The van der Waals surface area contributed by atoms with Gasteiger partial charge in [-0.3, -0.25) is 19.7 Å². The summed E-state index contributed by atoms with van der Waals surface area (Å²) in [6.45, 7) is 0. The predicted molar refractivity (Wildman–Crippen MR) is 72.5 cm³/mol. The third-order valence-corrected chi connectivity index (χ3v) is 3.38. The molecule has 0 fully saturated rings. The summed E-state index contributed by atoms with van der Waals surface area (Å²) in [6, 6.07) is 6.28. The van der Waals surface area contributed by atoms with E-state index < -0.39 is 27.9 Å². The summed E-state index contributed by atoms with van der Waals surface area (Å²) in [6.07, 6.45) is 0. The number of nitro benzene ring substituents is 1. The first kappa shape index (κ1) is 12.8. The predicted octanol–water partition coefficient (Wildman–Crippen LogP) is 1.66. The van der Waals surface area contributed by atoms with Crippen molar-refractivity contribution in [2.24, 2.45) is 0 Å². The Morgan fingerprint density at radius 3 is 2.38 bits per heavy atom. The minimum absolute atomic E-state index is 0.0401. The van der Waals surface area contributed by atoms with Gasteiger partial charge in [-0.2, -0.15) is 0 Å². The summed E-state index contributed by atoms with van der Waals surface area (Å²) in [5, 5.41) is 20.9. The second-order valence-electron chi connectivity index (χ2n) is 4.54. The van der Waals surface area contributed by atoms with E-state index >= 15 is 0 Å². The van der Waals surface area contributed by atoms with E-state index in [-0.39, 0.29) is 27.9 Å². The molecule has 0 atom stereocenters. The van der Waals surface area contributed by atoms with E-state index in [0.29, 0.717) is 0 Å². The lowest BCUT2D eigenvalue weighted by Crippen LogP contribution is -2.23. The second kappa shape index (κ2) is 4.14. The number of fused-ring (bicyclic) bond motifs is 2. The number of phenolic OH excluding ortho intramolecular Hbond substituents is 1. The van der Waals surface area contributed by atoms with E-state index in [4.69, 9.17) is 5.73 Å². The molecule has 1 aliphatic carbocycles. The lowest BCUT2D eigenvalue weighted by atomic mass is 9.82. The number of carbonyl (C=O) groups excluding carboxylic acids is 2. The van der Waals surface area contributed by atoms with Gasteiger partial charge in [0.25, 0.3) is 5.69 Å². The number of nitrogens with two attached hydrogens (primary N) is 1. The number of nitrogens with zero attached hydrogens (tertiary/aromatic N) is 1. The molecule has 3 rings (SSSR count). The Bertz CT molecular complexity index is 841. The largest absolute Gasteiger partial charge is 0.507 e. The minimum Gasteiger partial charge on any atom is -0.507 e. The molecule has 0 aliphatic heterocycles. The fourth-order valence-corrected chi connectivity index (χ4v) is 2.46. The zero-order chi connectivity index (χ0) is 15.3. The number of ketones is 2. The van der Waals surface area contributed by atoms with Crippen LogP contribution in [0.15, 0.2) is 30.3 Å². The molecule has 0 amide bonds. The molecule has 0 spiro atoms. The van der Waals surface area contributed by atoms with Gasteiger partial charge in [0.05, 0.1) is 16.1 Å². The van der Waals surface area contributed by atoms with Crippen LogP contribution in [0.3, 0.4) is 0 Å². The summed E-state index contributed by atoms with van der Waals surface area (Å²) in [5.41, 5.74) is 4.46. The van der Waals surface area contributed by atoms with Gasteiger partial charge in [0, 0.05) is 17.3 Å². The Balaban J connectivity index is 2.42. The molecule has 0 radical (unpaired) electrons. The van der Waals surface area contributed by atoms with Crippen LogP contribution in [0.2, 0.25) is 0 Å². The number of aromatic hydroxyl groups is 1. The maximum absolute atomic E-state index is 12.5. The molecule has 104 valence electrons. The van der Waals surface area contributed by atoms with Crippen LogP contribution in [0.25, 0.3) is 0 Å². The highest BCUT2D eigenvalue weighted by Gasteiger charge is 2.38. The van der Waals surface area contributed by atoms with Crippen LogP contribution in [0.1, 0.15) is 31.8 Å². The van der Waals surface area contributed by atoms with Crippen LogP contribution in [-0.2, 0) is 0 Å². The number of carbonyl (C=O) groups is 2. The van der Waals surface area contributed by atoms with Crippen molar-refractivity contribution in [1.29, 1.82) is 0 Å². The molecule has 2 aromatic rings. The van der Waals surface area contributed by atoms with Crippen molar-refractivity contribution >= 4 is 22.9 Å². The molecule has 0 saturated carbocycles. The highest BCUT2D eigenvalue weighted by molar-refractivity contribution is 6.32. The lowest BCUT2D eigenvalue weighted by molar-refractivity contribution is -0.385. The third kappa shape index (κ3) is 1.61. The van der Waals surface area contributed by atoms with Crippen molar-refractivity contribution in [3.8, 4) is 5.75 Å². The Hall–Kier alpha value is -3.22.